The van der Waals surface area contributed by atoms with Crippen molar-refractivity contribution in [3.8, 4) is 11.1 Å². The van der Waals surface area contributed by atoms with Gasteiger partial charge in [-0.05, 0) is 64.9 Å². The Morgan fingerprint density at radius 1 is 1.24 bits per heavy atom. The average Bonchev–Trinajstić information content (AvgIpc) is 2.83. The van der Waals surface area contributed by atoms with Gasteiger partial charge in [0.25, 0.3) is 0 Å². The van der Waals surface area contributed by atoms with Gasteiger partial charge in [-0.15, -0.1) is 0 Å². The van der Waals surface area contributed by atoms with Gasteiger partial charge in [0.05, 0.1) is 12.7 Å². The summed E-state index contributed by atoms with van der Waals surface area (Å²) in [5.41, 5.74) is 13.5. The van der Waals surface area contributed by atoms with E-state index < -0.39 is 0 Å². The number of ether oxygens (including phenoxy) is 1. The van der Waals surface area contributed by atoms with Gasteiger partial charge in [0.2, 0.25) is 0 Å². The van der Waals surface area contributed by atoms with E-state index in [1.165, 1.54) is 34.9 Å². The summed E-state index contributed by atoms with van der Waals surface area (Å²) in [6, 6.07) is 9.99. The summed E-state index contributed by atoms with van der Waals surface area (Å²) in [5.74, 6) is -0.273. The number of nitrogen functional groups attached to an aromatic ring is 1. The number of nitrogens with two attached hydrogens (primary N) is 1. The van der Waals surface area contributed by atoms with Crippen molar-refractivity contribution in [3.05, 3.63) is 52.6 Å². The van der Waals surface area contributed by atoms with Crippen LogP contribution in [-0.4, -0.2) is 13.1 Å². The van der Waals surface area contributed by atoms with Crippen LogP contribution in [0, 0.1) is 0 Å². The van der Waals surface area contributed by atoms with E-state index in [1.807, 2.05) is 24.3 Å². The van der Waals surface area contributed by atoms with Crippen molar-refractivity contribution in [3.63, 3.8) is 0 Å². The van der Waals surface area contributed by atoms with Gasteiger partial charge in [-0.1, -0.05) is 19.4 Å². The molecule has 0 unspecified atom stereocenters. The topological polar surface area (TPSA) is 52.3 Å². The monoisotopic (exact) mass is 281 g/mol. The molecule has 0 radical (unpaired) electrons. The highest BCUT2D eigenvalue weighted by molar-refractivity contribution is 5.92. The zero-order valence-corrected chi connectivity index (χ0v) is 12.4. The van der Waals surface area contributed by atoms with Crippen LogP contribution in [0.25, 0.3) is 11.1 Å². The molecule has 0 aromatic heterocycles. The molecule has 3 rings (SSSR count). The summed E-state index contributed by atoms with van der Waals surface area (Å²) in [5, 5.41) is 0. The predicted molar refractivity (Wildman–Crippen MR) is 84.4 cm³/mol. The van der Waals surface area contributed by atoms with Crippen molar-refractivity contribution in [2.24, 2.45) is 0 Å². The van der Waals surface area contributed by atoms with Gasteiger partial charge in [0, 0.05) is 5.69 Å². The number of aryl methyl sites for hydroxylation is 1. The molecule has 2 N–H and O–H groups in total. The summed E-state index contributed by atoms with van der Waals surface area (Å²) >= 11 is 0. The number of anilines is 1. The predicted octanol–water partition coefficient (Wildman–Crippen LogP) is 3.58. The zero-order chi connectivity index (χ0) is 15.0. The first-order chi connectivity index (χ1) is 10.1. The molecule has 0 saturated carbocycles. The molecule has 0 saturated heterocycles. The normalized spacial score (nSPS) is 11.9. The molecule has 2 aromatic rings. The fourth-order valence-corrected chi connectivity index (χ4v) is 3.16. The lowest BCUT2D eigenvalue weighted by Gasteiger charge is -2.11. The summed E-state index contributed by atoms with van der Waals surface area (Å²) < 4.78 is 4.87. The number of benzene rings is 2. The first kappa shape index (κ1) is 13.7. The fraction of sp³-hybridized carbons (Fsp3) is 0.278. The van der Waals surface area contributed by atoms with Crippen molar-refractivity contribution >= 4 is 11.7 Å². The molecule has 0 amide bonds. The van der Waals surface area contributed by atoms with E-state index in [4.69, 9.17) is 10.5 Å². The molecule has 3 heteroatoms. The SMILES string of the molecule is CCCc1cc(C(=O)OC)cc2c1-c1ccc(N)cc1C2. The van der Waals surface area contributed by atoms with Crippen molar-refractivity contribution in [1.29, 1.82) is 0 Å². The second kappa shape index (κ2) is 5.24. The van der Waals surface area contributed by atoms with Crippen LogP contribution in [0.1, 0.15) is 40.4 Å². The van der Waals surface area contributed by atoms with Crippen molar-refractivity contribution in [2.45, 2.75) is 26.2 Å². The summed E-state index contributed by atoms with van der Waals surface area (Å²) in [7, 11) is 1.42. The van der Waals surface area contributed by atoms with E-state index in [2.05, 4.69) is 13.0 Å². The van der Waals surface area contributed by atoms with Gasteiger partial charge in [-0.3, -0.25) is 0 Å². The number of methoxy groups -OCH3 is 1. The van der Waals surface area contributed by atoms with Crippen LogP contribution in [0.2, 0.25) is 0 Å². The zero-order valence-electron chi connectivity index (χ0n) is 12.4. The number of hydrogen-bond donors (Lipinski definition) is 1. The Labute approximate surface area is 124 Å². The Bertz CT molecular complexity index is 719. The summed E-state index contributed by atoms with van der Waals surface area (Å²) in [4.78, 5) is 11.9. The van der Waals surface area contributed by atoms with Gasteiger partial charge in [-0.2, -0.15) is 0 Å². The third kappa shape index (κ3) is 2.29. The van der Waals surface area contributed by atoms with E-state index in [0.717, 1.165) is 24.9 Å². The molecule has 21 heavy (non-hydrogen) atoms. The lowest BCUT2D eigenvalue weighted by atomic mass is 9.94. The molecule has 0 fully saturated rings. The van der Waals surface area contributed by atoms with E-state index in [9.17, 15) is 4.79 Å². The van der Waals surface area contributed by atoms with Crippen LogP contribution in [-0.2, 0) is 17.6 Å². The largest absolute Gasteiger partial charge is 0.465 e. The summed E-state index contributed by atoms with van der Waals surface area (Å²) in [6.45, 7) is 2.15. The van der Waals surface area contributed by atoms with Crippen molar-refractivity contribution in [1.82, 2.24) is 0 Å². The maximum atomic E-state index is 11.9. The molecule has 0 bridgehead atoms. The van der Waals surface area contributed by atoms with E-state index >= 15 is 0 Å². The van der Waals surface area contributed by atoms with Gasteiger partial charge in [0.15, 0.2) is 0 Å². The Morgan fingerprint density at radius 2 is 2.05 bits per heavy atom. The molecular weight excluding hydrogens is 262 g/mol. The lowest BCUT2D eigenvalue weighted by Crippen LogP contribution is -2.04. The minimum absolute atomic E-state index is 0.273. The highest BCUT2D eigenvalue weighted by Crippen LogP contribution is 2.41. The molecule has 1 aliphatic carbocycles. The maximum absolute atomic E-state index is 11.9. The molecule has 3 nitrogen and oxygen atoms in total. The van der Waals surface area contributed by atoms with Gasteiger partial charge in [-0.25, -0.2) is 4.79 Å². The number of fused-ring (bicyclic) bond motifs is 3. The fourth-order valence-electron chi connectivity index (χ4n) is 3.16. The molecule has 0 heterocycles. The van der Waals surface area contributed by atoms with E-state index in [1.54, 1.807) is 0 Å². The Balaban J connectivity index is 2.18. The highest BCUT2D eigenvalue weighted by Gasteiger charge is 2.23. The number of carbonyl (C=O) groups is 1. The third-order valence-corrected chi connectivity index (χ3v) is 4.02. The number of rotatable bonds is 3. The van der Waals surface area contributed by atoms with Crippen LogP contribution in [0.3, 0.4) is 0 Å². The first-order valence-electron chi connectivity index (χ1n) is 7.27. The van der Waals surface area contributed by atoms with Crippen LogP contribution in [0.15, 0.2) is 30.3 Å². The molecular formula is C18H19NO2. The van der Waals surface area contributed by atoms with Crippen molar-refractivity contribution < 1.29 is 9.53 Å². The van der Waals surface area contributed by atoms with Crippen LogP contribution in [0.5, 0.6) is 0 Å². The van der Waals surface area contributed by atoms with E-state index in [-0.39, 0.29) is 5.97 Å². The minimum Gasteiger partial charge on any atom is -0.465 e. The standard InChI is InChI=1S/C18H19NO2/c1-3-4-11-7-14(18(20)21-2)9-13-8-12-10-15(19)5-6-16(12)17(11)13/h5-7,9-10H,3-4,8,19H2,1-2H3. The molecule has 108 valence electrons. The molecule has 0 aliphatic heterocycles. The van der Waals surface area contributed by atoms with Gasteiger partial charge in [0.1, 0.15) is 0 Å². The number of esters is 1. The smallest absolute Gasteiger partial charge is 0.337 e. The van der Waals surface area contributed by atoms with Crippen LogP contribution < -0.4 is 5.73 Å². The van der Waals surface area contributed by atoms with Crippen molar-refractivity contribution in [2.75, 3.05) is 12.8 Å². The maximum Gasteiger partial charge on any atom is 0.337 e. The second-order valence-electron chi connectivity index (χ2n) is 5.50. The Hall–Kier alpha value is -2.29. The third-order valence-electron chi connectivity index (χ3n) is 4.02. The van der Waals surface area contributed by atoms with E-state index in [0.29, 0.717) is 5.56 Å². The minimum atomic E-state index is -0.273. The number of carbonyl (C=O) groups excluding carboxylic acids is 1. The Morgan fingerprint density at radius 3 is 2.76 bits per heavy atom. The molecule has 0 spiro atoms. The molecule has 0 atom stereocenters. The molecule has 2 aromatic carbocycles. The van der Waals surface area contributed by atoms with Gasteiger partial charge >= 0.3 is 5.97 Å². The summed E-state index contributed by atoms with van der Waals surface area (Å²) in [6.07, 6.45) is 2.83. The Kier molecular flexibility index (Phi) is 3.42. The second-order valence-corrected chi connectivity index (χ2v) is 5.50. The quantitative estimate of drug-likeness (QED) is 0.589. The first-order valence-corrected chi connectivity index (χ1v) is 7.27. The molecule has 1 aliphatic rings. The van der Waals surface area contributed by atoms with Gasteiger partial charge < -0.3 is 10.5 Å². The number of hydrogen-bond acceptors (Lipinski definition) is 3. The van der Waals surface area contributed by atoms with Crippen LogP contribution >= 0.6 is 0 Å². The van der Waals surface area contributed by atoms with Crippen LogP contribution in [0.4, 0.5) is 5.69 Å². The lowest BCUT2D eigenvalue weighted by molar-refractivity contribution is 0.0600. The average molecular weight is 281 g/mol. The highest BCUT2D eigenvalue weighted by atomic mass is 16.5.